The monoisotopic (exact) mass is 441 g/mol. The van der Waals surface area contributed by atoms with Gasteiger partial charge in [-0.1, -0.05) is 42.5 Å². The molecule has 1 aromatic heterocycles. The maximum Gasteiger partial charge on any atom is 0.272 e. The number of ether oxygens (including phenoxy) is 1. The molecule has 5 rings (SSSR count). The van der Waals surface area contributed by atoms with E-state index in [9.17, 15) is 4.79 Å². The molecule has 1 atom stereocenters. The fraction of sp³-hybridized carbons (Fsp3) is 0.308. The molecule has 1 saturated heterocycles. The van der Waals surface area contributed by atoms with Gasteiger partial charge in [-0.25, -0.2) is 9.97 Å². The Morgan fingerprint density at radius 3 is 2.79 bits per heavy atom. The average molecular weight is 442 g/mol. The lowest BCUT2D eigenvalue weighted by Crippen LogP contribution is -2.35. The Morgan fingerprint density at radius 2 is 1.94 bits per heavy atom. The molecule has 1 N–H and O–H groups in total. The number of benzene rings is 2. The van der Waals surface area contributed by atoms with E-state index in [0.717, 1.165) is 53.9 Å². The minimum Gasteiger partial charge on any atom is -0.384 e. The van der Waals surface area contributed by atoms with E-state index < -0.39 is 0 Å². The molecule has 1 fully saturated rings. The molecule has 0 radical (unpaired) electrons. The van der Waals surface area contributed by atoms with Crippen LogP contribution in [0, 0.1) is 5.92 Å². The number of amides is 1. The van der Waals surface area contributed by atoms with Crippen LogP contribution >= 0.6 is 0 Å². The molecule has 1 amide bonds. The number of fused-ring (bicyclic) bond motifs is 1. The second-order valence-corrected chi connectivity index (χ2v) is 8.45. The summed E-state index contributed by atoms with van der Waals surface area (Å²) in [4.78, 5) is 29.0. The van der Waals surface area contributed by atoms with Crippen LogP contribution in [0.4, 0.5) is 5.82 Å². The Labute approximate surface area is 193 Å². The van der Waals surface area contributed by atoms with Crippen LogP contribution in [0.3, 0.4) is 0 Å². The van der Waals surface area contributed by atoms with E-state index in [2.05, 4.69) is 10.3 Å². The van der Waals surface area contributed by atoms with Crippen molar-refractivity contribution in [2.45, 2.75) is 12.8 Å². The van der Waals surface area contributed by atoms with Crippen molar-refractivity contribution in [2.75, 3.05) is 38.7 Å². The van der Waals surface area contributed by atoms with Crippen LogP contribution in [-0.2, 0) is 9.53 Å². The van der Waals surface area contributed by atoms with Crippen molar-refractivity contribution < 1.29 is 9.53 Å². The second kappa shape index (κ2) is 9.50. The van der Waals surface area contributed by atoms with Crippen molar-refractivity contribution in [3.05, 3.63) is 66.4 Å². The van der Waals surface area contributed by atoms with Gasteiger partial charge in [0.05, 0.1) is 12.1 Å². The molecule has 3 aromatic rings. The van der Waals surface area contributed by atoms with Crippen molar-refractivity contribution in [3.63, 3.8) is 0 Å². The number of carbonyl (C=O) groups excluding carboxylic acids is 1. The lowest BCUT2D eigenvalue weighted by molar-refractivity contribution is -0.123. The fourth-order valence-corrected chi connectivity index (χ4v) is 4.40. The Kier molecular flexibility index (Phi) is 6.13. The summed E-state index contributed by atoms with van der Waals surface area (Å²) in [7, 11) is 1.70. The van der Waals surface area contributed by atoms with Gasteiger partial charge in [0.1, 0.15) is 11.5 Å². The normalized spacial score (nSPS) is 18.2. The number of hydrogen-bond acceptors (Lipinski definition) is 6. The molecule has 168 valence electrons. The summed E-state index contributed by atoms with van der Waals surface area (Å²) in [5.74, 6) is 1.79. The Bertz CT molecular complexity index is 1220. The van der Waals surface area contributed by atoms with Gasteiger partial charge in [-0.3, -0.25) is 9.79 Å². The van der Waals surface area contributed by atoms with Crippen LogP contribution in [0.15, 0.2) is 71.4 Å². The largest absolute Gasteiger partial charge is 0.384 e. The number of carbonyl (C=O) groups is 1. The third-order valence-electron chi connectivity index (χ3n) is 6.08. The number of aliphatic imine (C=N–C) groups is 1. The molecular formula is C26H27N5O2. The molecule has 7 nitrogen and oxygen atoms in total. The van der Waals surface area contributed by atoms with E-state index in [1.54, 1.807) is 7.11 Å². The van der Waals surface area contributed by atoms with E-state index >= 15 is 0 Å². The van der Waals surface area contributed by atoms with Crippen molar-refractivity contribution in [1.82, 2.24) is 14.9 Å². The molecular weight excluding hydrogens is 414 g/mol. The number of para-hydroxylation sites is 1. The lowest BCUT2D eigenvalue weighted by atomic mass is 10.1. The zero-order valence-corrected chi connectivity index (χ0v) is 18.7. The third-order valence-corrected chi connectivity index (χ3v) is 6.08. The van der Waals surface area contributed by atoms with Crippen LogP contribution in [0.5, 0.6) is 0 Å². The average Bonchev–Trinajstić information content (AvgIpc) is 3.33. The zero-order valence-electron chi connectivity index (χ0n) is 18.7. The SMILES string of the molecule is COC[C@H]1CCN(C(=O)C2=NCCC(Nc3nc(-c4ccccc4)nc4ccccc34)=C2)C1. The van der Waals surface area contributed by atoms with Gasteiger partial charge in [0.15, 0.2) is 5.82 Å². The zero-order chi connectivity index (χ0) is 22.6. The van der Waals surface area contributed by atoms with Crippen molar-refractivity contribution in [3.8, 4) is 11.4 Å². The van der Waals surface area contributed by atoms with Gasteiger partial charge in [0.2, 0.25) is 0 Å². The molecule has 2 aliphatic heterocycles. The minimum atomic E-state index is -0.00915. The van der Waals surface area contributed by atoms with Crippen molar-refractivity contribution in [1.29, 1.82) is 0 Å². The number of hydrogen-bond donors (Lipinski definition) is 1. The first-order valence-corrected chi connectivity index (χ1v) is 11.3. The summed E-state index contributed by atoms with van der Waals surface area (Å²) in [6.07, 6.45) is 3.56. The van der Waals surface area contributed by atoms with Gasteiger partial charge in [0, 0.05) is 55.7 Å². The number of methoxy groups -OCH3 is 1. The summed E-state index contributed by atoms with van der Waals surface area (Å²) >= 11 is 0. The summed E-state index contributed by atoms with van der Waals surface area (Å²) in [5, 5.41) is 4.42. The van der Waals surface area contributed by atoms with Gasteiger partial charge in [-0.2, -0.15) is 0 Å². The standard InChI is InChI=1S/C26H27N5O2/c1-33-17-18-12-14-31(16-18)26(32)23-15-20(11-13-27-23)28-25-21-9-5-6-10-22(21)29-24(30-25)19-7-3-2-4-8-19/h2-10,15,18H,11-14,16-17H2,1H3,(H,28,29,30)/t18-/m0/s1. The number of rotatable bonds is 6. The van der Waals surface area contributed by atoms with Gasteiger partial charge < -0.3 is 15.0 Å². The fourth-order valence-electron chi connectivity index (χ4n) is 4.40. The number of aromatic nitrogens is 2. The molecule has 2 aromatic carbocycles. The van der Waals surface area contributed by atoms with Gasteiger partial charge in [-0.15, -0.1) is 0 Å². The van der Waals surface area contributed by atoms with E-state index in [0.29, 0.717) is 30.6 Å². The van der Waals surface area contributed by atoms with E-state index in [1.807, 2.05) is 65.6 Å². The maximum absolute atomic E-state index is 13.1. The lowest BCUT2D eigenvalue weighted by Gasteiger charge is -2.20. The first-order valence-electron chi connectivity index (χ1n) is 11.3. The van der Waals surface area contributed by atoms with E-state index in [-0.39, 0.29) is 5.91 Å². The summed E-state index contributed by atoms with van der Waals surface area (Å²) in [5.41, 5.74) is 3.27. The van der Waals surface area contributed by atoms with E-state index in [4.69, 9.17) is 14.7 Å². The van der Waals surface area contributed by atoms with Crippen molar-refractivity contribution in [2.24, 2.45) is 10.9 Å². The van der Waals surface area contributed by atoms with Crippen LogP contribution in [0.1, 0.15) is 12.8 Å². The highest BCUT2D eigenvalue weighted by Crippen LogP contribution is 2.27. The molecule has 33 heavy (non-hydrogen) atoms. The molecule has 0 unspecified atom stereocenters. The predicted octanol–water partition coefficient (Wildman–Crippen LogP) is 3.93. The Hall–Kier alpha value is -3.58. The van der Waals surface area contributed by atoms with Crippen LogP contribution in [0.2, 0.25) is 0 Å². The molecule has 0 bridgehead atoms. The number of likely N-dealkylation sites (tertiary alicyclic amines) is 1. The molecule has 0 spiro atoms. The number of nitrogens with zero attached hydrogens (tertiary/aromatic N) is 4. The highest BCUT2D eigenvalue weighted by atomic mass is 16.5. The Balaban J connectivity index is 1.41. The maximum atomic E-state index is 13.1. The summed E-state index contributed by atoms with van der Waals surface area (Å²) < 4.78 is 5.26. The molecule has 7 heteroatoms. The van der Waals surface area contributed by atoms with Crippen molar-refractivity contribution >= 4 is 28.3 Å². The quantitative estimate of drug-likeness (QED) is 0.627. The molecule has 0 saturated carbocycles. The van der Waals surface area contributed by atoms with Crippen LogP contribution in [0.25, 0.3) is 22.3 Å². The minimum absolute atomic E-state index is 0.00915. The smallest absolute Gasteiger partial charge is 0.272 e. The molecule has 2 aliphatic rings. The Morgan fingerprint density at radius 1 is 1.12 bits per heavy atom. The molecule has 3 heterocycles. The number of anilines is 1. The predicted molar refractivity (Wildman–Crippen MR) is 130 cm³/mol. The van der Waals surface area contributed by atoms with E-state index in [1.165, 1.54) is 0 Å². The first kappa shape index (κ1) is 21.3. The second-order valence-electron chi connectivity index (χ2n) is 8.45. The number of dihydropyridines is 1. The highest BCUT2D eigenvalue weighted by Gasteiger charge is 2.29. The highest BCUT2D eigenvalue weighted by molar-refractivity contribution is 6.43. The van der Waals surface area contributed by atoms with Crippen LogP contribution < -0.4 is 5.32 Å². The van der Waals surface area contributed by atoms with Crippen LogP contribution in [-0.4, -0.2) is 59.8 Å². The topological polar surface area (TPSA) is 79.7 Å². The van der Waals surface area contributed by atoms with Gasteiger partial charge in [0.25, 0.3) is 5.91 Å². The third kappa shape index (κ3) is 4.64. The number of nitrogens with one attached hydrogen (secondary N) is 1. The summed E-state index contributed by atoms with van der Waals surface area (Å²) in [6.45, 7) is 2.73. The van der Waals surface area contributed by atoms with Gasteiger partial charge >= 0.3 is 0 Å². The first-order chi connectivity index (χ1) is 16.2. The molecule has 0 aliphatic carbocycles. The van der Waals surface area contributed by atoms with Gasteiger partial charge in [-0.05, 0) is 24.6 Å². The summed E-state index contributed by atoms with van der Waals surface area (Å²) in [6, 6.07) is 17.9.